The van der Waals surface area contributed by atoms with Gasteiger partial charge >= 0.3 is 5.97 Å². The van der Waals surface area contributed by atoms with E-state index < -0.39 is 5.97 Å². The van der Waals surface area contributed by atoms with Crippen LogP contribution in [0, 0.1) is 0 Å². The molecular weight excluding hydrogens is 307 g/mol. The maximum atomic E-state index is 10.7. The summed E-state index contributed by atoms with van der Waals surface area (Å²) in [6.07, 6.45) is -0.109. The molecule has 0 saturated heterocycles. The summed E-state index contributed by atoms with van der Waals surface area (Å²) in [7, 11) is 0. The maximum Gasteiger partial charge on any atom is 0.307 e. The van der Waals surface area contributed by atoms with Crippen LogP contribution in [0.25, 0.3) is 11.1 Å². The van der Waals surface area contributed by atoms with Gasteiger partial charge in [-0.15, -0.1) is 0 Å². The molecule has 0 unspecified atom stereocenters. The molecule has 0 saturated carbocycles. The Kier molecular flexibility index (Phi) is 4.35. The molecule has 0 aromatic heterocycles. The quantitative estimate of drug-likeness (QED) is 0.871. The zero-order valence-corrected chi connectivity index (χ0v) is 11.9. The van der Waals surface area contributed by atoms with E-state index in [4.69, 9.17) is 39.9 Å². The van der Waals surface area contributed by atoms with Crippen molar-refractivity contribution in [1.29, 1.82) is 0 Å². The largest absolute Gasteiger partial charge is 0.481 e. The third-order valence-corrected chi connectivity index (χ3v) is 3.83. The van der Waals surface area contributed by atoms with Crippen LogP contribution < -0.4 is 0 Å². The van der Waals surface area contributed by atoms with Crippen molar-refractivity contribution < 1.29 is 9.90 Å². The first-order valence-electron chi connectivity index (χ1n) is 5.43. The number of hydrogen-bond acceptors (Lipinski definition) is 1. The molecule has 2 nitrogen and oxygen atoms in total. The summed E-state index contributed by atoms with van der Waals surface area (Å²) in [5.41, 5.74) is 2.13. The van der Waals surface area contributed by atoms with Gasteiger partial charge in [0.25, 0.3) is 0 Å². The third-order valence-electron chi connectivity index (χ3n) is 2.66. The van der Waals surface area contributed by atoms with E-state index in [0.717, 1.165) is 11.1 Å². The van der Waals surface area contributed by atoms with Crippen molar-refractivity contribution in [1.82, 2.24) is 0 Å². The molecule has 0 aliphatic rings. The van der Waals surface area contributed by atoms with Crippen LogP contribution in [-0.4, -0.2) is 11.1 Å². The number of carboxylic acids is 1. The van der Waals surface area contributed by atoms with Crippen LogP contribution in [0.4, 0.5) is 0 Å². The van der Waals surface area contributed by atoms with Crippen molar-refractivity contribution in [2.45, 2.75) is 6.42 Å². The topological polar surface area (TPSA) is 37.3 Å². The Balaban J connectivity index is 2.44. The van der Waals surface area contributed by atoms with Crippen molar-refractivity contribution in [3.05, 3.63) is 57.0 Å². The highest BCUT2D eigenvalue weighted by atomic mass is 35.5. The maximum absolute atomic E-state index is 10.7. The highest BCUT2D eigenvalue weighted by Crippen LogP contribution is 2.35. The smallest absolute Gasteiger partial charge is 0.307 e. The number of carbonyl (C=O) groups is 1. The summed E-state index contributed by atoms with van der Waals surface area (Å²) in [6.45, 7) is 0. The summed E-state index contributed by atoms with van der Waals surface area (Å²) in [4.78, 5) is 10.7. The molecule has 2 aromatic carbocycles. The summed E-state index contributed by atoms with van der Waals surface area (Å²) >= 11 is 18.2. The minimum Gasteiger partial charge on any atom is -0.481 e. The second-order valence-corrected chi connectivity index (χ2v) is 5.17. The second kappa shape index (κ2) is 5.83. The third kappa shape index (κ3) is 3.21. The van der Waals surface area contributed by atoms with E-state index in [1.807, 2.05) is 6.07 Å². The van der Waals surface area contributed by atoms with Crippen LogP contribution in [0.2, 0.25) is 15.1 Å². The minimum absolute atomic E-state index is 0.109. The molecule has 2 aromatic rings. The molecule has 0 aliphatic carbocycles. The van der Waals surface area contributed by atoms with Crippen LogP contribution >= 0.6 is 34.8 Å². The van der Waals surface area contributed by atoms with Crippen LogP contribution in [0.15, 0.2) is 36.4 Å². The average Bonchev–Trinajstić information content (AvgIpc) is 2.35. The fourth-order valence-electron chi connectivity index (χ4n) is 1.75. The van der Waals surface area contributed by atoms with Gasteiger partial charge in [0.15, 0.2) is 0 Å². The molecule has 1 N–H and O–H groups in total. The number of rotatable bonds is 3. The van der Waals surface area contributed by atoms with Crippen molar-refractivity contribution in [3.8, 4) is 11.1 Å². The number of carboxylic acid groups (broad SMARTS) is 1. The zero-order valence-electron chi connectivity index (χ0n) is 9.66. The summed E-state index contributed by atoms with van der Waals surface area (Å²) in [6, 6.07) is 10.5. The van der Waals surface area contributed by atoms with Crippen molar-refractivity contribution >= 4 is 40.8 Å². The van der Waals surface area contributed by atoms with E-state index in [9.17, 15) is 4.79 Å². The number of hydrogen-bond donors (Lipinski definition) is 1. The first-order valence-corrected chi connectivity index (χ1v) is 6.57. The average molecular weight is 316 g/mol. The Morgan fingerprint density at radius 3 is 2.42 bits per heavy atom. The van der Waals surface area contributed by atoms with Crippen LogP contribution in [-0.2, 0) is 11.2 Å². The van der Waals surface area contributed by atoms with Crippen molar-refractivity contribution in [2.75, 3.05) is 0 Å². The van der Waals surface area contributed by atoms with Gasteiger partial charge in [-0.1, -0.05) is 59.1 Å². The molecule has 0 aliphatic heterocycles. The molecule has 0 heterocycles. The number of benzene rings is 2. The Hall–Kier alpha value is -1.22. The molecule has 0 radical (unpaired) electrons. The Morgan fingerprint density at radius 2 is 1.79 bits per heavy atom. The van der Waals surface area contributed by atoms with Gasteiger partial charge in [-0.25, -0.2) is 0 Å². The highest BCUT2D eigenvalue weighted by molar-refractivity contribution is 6.43. The molecule has 0 atom stereocenters. The van der Waals surface area contributed by atoms with E-state index in [1.54, 1.807) is 30.3 Å². The van der Waals surface area contributed by atoms with Crippen LogP contribution in [0.5, 0.6) is 0 Å². The lowest BCUT2D eigenvalue weighted by Gasteiger charge is -2.08. The van der Waals surface area contributed by atoms with Crippen molar-refractivity contribution in [2.24, 2.45) is 0 Å². The van der Waals surface area contributed by atoms with E-state index >= 15 is 0 Å². The predicted octanol–water partition coefficient (Wildman–Crippen LogP) is 4.94. The minimum atomic E-state index is -0.921. The Bertz CT molecular complexity index is 639. The lowest BCUT2D eigenvalue weighted by atomic mass is 10.0. The standard InChI is InChI=1S/C14H9Cl3O2/c15-11-3-1-2-10(14(11)17)8-4-5-9(7-13(18)19)12(16)6-8/h1-6H,7H2,(H,18,19). The summed E-state index contributed by atoms with van der Waals surface area (Å²) in [5, 5.41) is 10.1. The zero-order chi connectivity index (χ0) is 14.0. The molecule has 19 heavy (non-hydrogen) atoms. The van der Waals surface area contributed by atoms with Crippen LogP contribution in [0.3, 0.4) is 0 Å². The van der Waals surface area contributed by atoms with E-state index in [2.05, 4.69) is 0 Å². The number of halogens is 3. The molecule has 0 bridgehead atoms. The highest BCUT2D eigenvalue weighted by Gasteiger charge is 2.10. The van der Waals surface area contributed by atoms with Gasteiger partial charge in [0.2, 0.25) is 0 Å². The van der Waals surface area contributed by atoms with Gasteiger partial charge in [-0.3, -0.25) is 4.79 Å². The van der Waals surface area contributed by atoms with E-state index in [1.165, 1.54) is 0 Å². The first-order chi connectivity index (χ1) is 8.99. The molecule has 0 spiro atoms. The van der Waals surface area contributed by atoms with Crippen molar-refractivity contribution in [3.63, 3.8) is 0 Å². The van der Waals surface area contributed by atoms with Crippen LogP contribution in [0.1, 0.15) is 5.56 Å². The second-order valence-electron chi connectivity index (χ2n) is 3.98. The SMILES string of the molecule is O=C(O)Cc1ccc(-c2cccc(Cl)c2Cl)cc1Cl. The summed E-state index contributed by atoms with van der Waals surface area (Å²) in [5.74, 6) is -0.921. The lowest BCUT2D eigenvalue weighted by molar-refractivity contribution is -0.136. The Morgan fingerprint density at radius 1 is 1.05 bits per heavy atom. The molecule has 0 fully saturated rings. The molecule has 98 valence electrons. The fraction of sp³-hybridized carbons (Fsp3) is 0.0714. The van der Waals surface area contributed by atoms with Gasteiger partial charge < -0.3 is 5.11 Å². The van der Waals surface area contributed by atoms with Gasteiger partial charge in [0, 0.05) is 10.6 Å². The molecule has 0 amide bonds. The normalized spacial score (nSPS) is 10.5. The predicted molar refractivity (Wildman–Crippen MR) is 78.2 cm³/mol. The lowest BCUT2D eigenvalue weighted by Crippen LogP contribution is -2.00. The summed E-state index contributed by atoms with van der Waals surface area (Å²) < 4.78 is 0. The monoisotopic (exact) mass is 314 g/mol. The molecule has 5 heteroatoms. The van der Waals surface area contributed by atoms with Gasteiger partial charge in [0.05, 0.1) is 16.5 Å². The number of aliphatic carboxylic acids is 1. The fourth-order valence-corrected chi connectivity index (χ4v) is 2.40. The first kappa shape index (κ1) is 14.2. The Labute approximate surface area is 125 Å². The molecular formula is C14H9Cl3O2. The molecule has 2 rings (SSSR count). The van der Waals surface area contributed by atoms with Gasteiger partial charge in [-0.2, -0.15) is 0 Å². The van der Waals surface area contributed by atoms with E-state index in [-0.39, 0.29) is 6.42 Å². The van der Waals surface area contributed by atoms with E-state index in [0.29, 0.717) is 20.6 Å². The van der Waals surface area contributed by atoms with Gasteiger partial charge in [0.1, 0.15) is 0 Å². The van der Waals surface area contributed by atoms with Gasteiger partial charge in [-0.05, 0) is 23.3 Å².